The Morgan fingerprint density at radius 1 is 1.50 bits per heavy atom. The van der Waals surface area contributed by atoms with Crippen molar-refractivity contribution in [2.45, 2.75) is 12.6 Å². The van der Waals surface area contributed by atoms with Gasteiger partial charge in [0.1, 0.15) is 5.82 Å². The molecule has 0 fully saturated rings. The molecule has 0 aliphatic heterocycles. The van der Waals surface area contributed by atoms with Crippen molar-refractivity contribution in [2.75, 3.05) is 6.61 Å². The minimum atomic E-state index is -0.479. The van der Waals surface area contributed by atoms with E-state index in [0.29, 0.717) is 12.1 Å². The molecule has 1 aromatic heterocycles. The Balaban J connectivity index is 2.05. The summed E-state index contributed by atoms with van der Waals surface area (Å²) in [5.74, 6) is -0.479. The SMILES string of the molecule is OCC(NCc1cncs1)c1ccc(Cl)c(F)c1. The van der Waals surface area contributed by atoms with Crippen molar-refractivity contribution in [3.8, 4) is 0 Å². The van der Waals surface area contributed by atoms with Crippen molar-refractivity contribution >= 4 is 22.9 Å². The van der Waals surface area contributed by atoms with E-state index in [1.165, 1.54) is 23.5 Å². The van der Waals surface area contributed by atoms with Crippen LogP contribution in [-0.2, 0) is 6.54 Å². The van der Waals surface area contributed by atoms with E-state index in [2.05, 4.69) is 10.3 Å². The molecule has 2 N–H and O–H groups in total. The van der Waals surface area contributed by atoms with Crippen LogP contribution in [0.2, 0.25) is 5.02 Å². The first-order valence-corrected chi connectivity index (χ1v) is 6.63. The Kier molecular flexibility index (Phi) is 4.66. The van der Waals surface area contributed by atoms with Gasteiger partial charge in [0.2, 0.25) is 0 Å². The van der Waals surface area contributed by atoms with Crippen LogP contribution in [0.5, 0.6) is 0 Å². The van der Waals surface area contributed by atoms with Crippen molar-refractivity contribution in [3.05, 3.63) is 51.2 Å². The highest BCUT2D eigenvalue weighted by atomic mass is 35.5. The summed E-state index contributed by atoms with van der Waals surface area (Å²) in [7, 11) is 0. The number of nitrogens with one attached hydrogen (secondary N) is 1. The highest BCUT2D eigenvalue weighted by molar-refractivity contribution is 7.09. The second-order valence-corrected chi connectivity index (χ2v) is 5.14. The fraction of sp³-hybridized carbons (Fsp3) is 0.250. The molecule has 18 heavy (non-hydrogen) atoms. The lowest BCUT2D eigenvalue weighted by Gasteiger charge is -2.16. The van der Waals surface area contributed by atoms with E-state index in [9.17, 15) is 9.50 Å². The van der Waals surface area contributed by atoms with Gasteiger partial charge in [-0.15, -0.1) is 11.3 Å². The summed E-state index contributed by atoms with van der Waals surface area (Å²) in [6, 6.07) is 4.21. The van der Waals surface area contributed by atoms with Crippen LogP contribution < -0.4 is 5.32 Å². The van der Waals surface area contributed by atoms with E-state index >= 15 is 0 Å². The minimum absolute atomic E-state index is 0.0814. The molecular formula is C12H12ClFN2OS. The molecule has 1 atom stereocenters. The average Bonchev–Trinajstić information content (AvgIpc) is 2.87. The van der Waals surface area contributed by atoms with Crippen LogP contribution in [0.1, 0.15) is 16.5 Å². The van der Waals surface area contributed by atoms with E-state index < -0.39 is 5.82 Å². The molecular weight excluding hydrogens is 275 g/mol. The number of aromatic nitrogens is 1. The summed E-state index contributed by atoms with van der Waals surface area (Å²) in [6.45, 7) is 0.472. The molecule has 0 amide bonds. The molecule has 1 heterocycles. The van der Waals surface area contributed by atoms with Crippen molar-refractivity contribution < 1.29 is 9.50 Å². The van der Waals surface area contributed by atoms with Crippen LogP contribution in [0.4, 0.5) is 4.39 Å². The molecule has 6 heteroatoms. The maximum Gasteiger partial charge on any atom is 0.142 e. The number of halogens is 2. The monoisotopic (exact) mass is 286 g/mol. The van der Waals surface area contributed by atoms with Gasteiger partial charge in [-0.05, 0) is 17.7 Å². The van der Waals surface area contributed by atoms with Gasteiger partial charge in [0.25, 0.3) is 0 Å². The molecule has 0 spiro atoms. The number of hydrogen-bond donors (Lipinski definition) is 2. The van der Waals surface area contributed by atoms with Gasteiger partial charge in [0.05, 0.1) is 23.2 Å². The van der Waals surface area contributed by atoms with Gasteiger partial charge in [-0.1, -0.05) is 17.7 Å². The molecule has 0 saturated heterocycles. The molecule has 0 aliphatic rings. The first kappa shape index (κ1) is 13.4. The third-order valence-electron chi connectivity index (χ3n) is 2.53. The smallest absolute Gasteiger partial charge is 0.142 e. The molecule has 3 nitrogen and oxygen atoms in total. The van der Waals surface area contributed by atoms with Gasteiger partial charge in [0.15, 0.2) is 0 Å². The largest absolute Gasteiger partial charge is 0.394 e. The number of benzene rings is 1. The van der Waals surface area contributed by atoms with E-state index in [-0.39, 0.29) is 17.7 Å². The van der Waals surface area contributed by atoms with Gasteiger partial charge in [-0.2, -0.15) is 0 Å². The predicted octanol–water partition coefficient (Wildman–Crippen LogP) is 2.76. The van der Waals surface area contributed by atoms with Gasteiger partial charge >= 0.3 is 0 Å². The molecule has 0 radical (unpaired) electrons. The van der Waals surface area contributed by atoms with E-state index in [1.54, 1.807) is 17.8 Å². The molecule has 0 aliphatic carbocycles. The first-order valence-electron chi connectivity index (χ1n) is 5.37. The zero-order valence-corrected chi connectivity index (χ0v) is 11.0. The van der Waals surface area contributed by atoms with Crippen LogP contribution in [0.15, 0.2) is 29.9 Å². The zero-order valence-electron chi connectivity index (χ0n) is 9.44. The van der Waals surface area contributed by atoms with E-state index in [4.69, 9.17) is 11.6 Å². The number of nitrogens with zero attached hydrogens (tertiary/aromatic N) is 1. The van der Waals surface area contributed by atoms with Crippen LogP contribution in [0.3, 0.4) is 0 Å². The van der Waals surface area contributed by atoms with Crippen molar-refractivity contribution in [1.29, 1.82) is 0 Å². The van der Waals surface area contributed by atoms with Crippen LogP contribution in [-0.4, -0.2) is 16.7 Å². The summed E-state index contributed by atoms with van der Waals surface area (Å²) in [6.07, 6.45) is 1.76. The third-order valence-corrected chi connectivity index (χ3v) is 3.62. The Labute approximate surface area is 113 Å². The zero-order chi connectivity index (χ0) is 13.0. The summed E-state index contributed by atoms with van der Waals surface area (Å²) >= 11 is 7.15. The van der Waals surface area contributed by atoms with Crippen molar-refractivity contribution in [1.82, 2.24) is 10.3 Å². The van der Waals surface area contributed by atoms with E-state index in [1.807, 2.05) is 0 Å². The molecule has 1 unspecified atom stereocenters. The number of thiazole rings is 1. The quantitative estimate of drug-likeness (QED) is 0.888. The fourth-order valence-corrected chi connectivity index (χ4v) is 2.23. The van der Waals surface area contributed by atoms with E-state index in [0.717, 1.165) is 4.88 Å². The summed E-state index contributed by atoms with van der Waals surface area (Å²) in [4.78, 5) is 5.02. The topological polar surface area (TPSA) is 45.1 Å². The van der Waals surface area contributed by atoms with Crippen LogP contribution in [0, 0.1) is 5.82 Å². The Morgan fingerprint density at radius 2 is 2.33 bits per heavy atom. The van der Waals surface area contributed by atoms with Crippen molar-refractivity contribution in [3.63, 3.8) is 0 Å². The molecule has 2 rings (SSSR count). The molecule has 2 aromatic rings. The second-order valence-electron chi connectivity index (χ2n) is 3.76. The molecule has 1 aromatic carbocycles. The standard InChI is InChI=1S/C12H12ClFN2OS/c13-10-2-1-8(3-11(10)14)12(6-17)16-5-9-4-15-7-18-9/h1-4,7,12,16-17H,5-6H2. The van der Waals surface area contributed by atoms with Gasteiger partial charge in [-0.25, -0.2) is 4.39 Å². The second kappa shape index (κ2) is 6.24. The number of aliphatic hydroxyl groups excluding tert-OH is 1. The number of aliphatic hydroxyl groups is 1. The molecule has 0 saturated carbocycles. The Morgan fingerprint density at radius 3 is 2.94 bits per heavy atom. The normalized spacial score (nSPS) is 12.6. The third kappa shape index (κ3) is 3.26. The fourth-order valence-electron chi connectivity index (χ4n) is 1.57. The lowest BCUT2D eigenvalue weighted by atomic mass is 10.1. The summed E-state index contributed by atoms with van der Waals surface area (Å²) in [5.41, 5.74) is 2.41. The van der Waals surface area contributed by atoms with Gasteiger partial charge < -0.3 is 10.4 Å². The minimum Gasteiger partial charge on any atom is -0.394 e. The maximum atomic E-state index is 13.3. The number of rotatable bonds is 5. The molecule has 0 bridgehead atoms. The molecule has 96 valence electrons. The van der Waals surface area contributed by atoms with Crippen LogP contribution in [0.25, 0.3) is 0 Å². The Bertz CT molecular complexity index is 507. The van der Waals surface area contributed by atoms with Gasteiger partial charge in [0, 0.05) is 17.6 Å². The lowest BCUT2D eigenvalue weighted by Crippen LogP contribution is -2.23. The Hall–Kier alpha value is -1.01. The van der Waals surface area contributed by atoms with Crippen molar-refractivity contribution in [2.24, 2.45) is 0 Å². The highest BCUT2D eigenvalue weighted by Crippen LogP contribution is 2.20. The summed E-state index contributed by atoms with van der Waals surface area (Å²) in [5, 5.41) is 12.6. The van der Waals surface area contributed by atoms with Crippen LogP contribution >= 0.6 is 22.9 Å². The maximum absolute atomic E-state index is 13.3. The summed E-state index contributed by atoms with van der Waals surface area (Å²) < 4.78 is 13.3. The number of hydrogen-bond acceptors (Lipinski definition) is 4. The predicted molar refractivity (Wildman–Crippen MR) is 70.2 cm³/mol. The average molecular weight is 287 g/mol. The highest BCUT2D eigenvalue weighted by Gasteiger charge is 2.12. The first-order chi connectivity index (χ1) is 8.70. The van der Waals surface area contributed by atoms with Gasteiger partial charge in [-0.3, -0.25) is 4.98 Å². The lowest BCUT2D eigenvalue weighted by molar-refractivity contribution is 0.243.